The highest BCUT2D eigenvalue weighted by molar-refractivity contribution is 7.90. The third kappa shape index (κ3) is 8.91. The Balaban J connectivity index is 1.36. The highest BCUT2D eigenvalue weighted by Gasteiger charge is 2.29. The Kier molecular flexibility index (Phi) is 12.4. The molecule has 0 saturated carbocycles. The lowest BCUT2D eigenvalue weighted by molar-refractivity contribution is -0.125. The van der Waals surface area contributed by atoms with E-state index in [1.807, 2.05) is 0 Å². The van der Waals surface area contributed by atoms with Crippen LogP contribution in [0.15, 0.2) is 24.3 Å². The van der Waals surface area contributed by atoms with Gasteiger partial charge in [-0.1, -0.05) is 46.4 Å². The number of esters is 2. The van der Waals surface area contributed by atoms with Crippen molar-refractivity contribution in [3.05, 3.63) is 55.5 Å². The third-order valence-electron chi connectivity index (χ3n) is 6.42. The first-order valence-electron chi connectivity index (χ1n) is 13.2. The smallest absolute Gasteiger partial charge is 0.341 e. The Morgan fingerprint density at radius 1 is 0.652 bits per heavy atom. The second kappa shape index (κ2) is 15.6. The first-order valence-corrected chi connectivity index (χ1v) is 17.6. The summed E-state index contributed by atoms with van der Waals surface area (Å²) in [4.78, 5) is 37.9. The molecule has 21 heteroatoms. The number of ether oxygens (including phenoxy) is 4. The van der Waals surface area contributed by atoms with Crippen molar-refractivity contribution in [3.8, 4) is 0 Å². The minimum Gasteiger partial charge on any atom is -0.454 e. The van der Waals surface area contributed by atoms with Crippen LogP contribution in [0, 0.1) is 0 Å². The van der Waals surface area contributed by atoms with Crippen LogP contribution >= 0.6 is 46.4 Å². The highest BCUT2D eigenvalue weighted by Crippen LogP contribution is 2.34. The predicted octanol–water partition coefficient (Wildman–Crippen LogP) is 2.86. The third-order valence-corrected chi connectivity index (χ3v) is 10.9. The van der Waals surface area contributed by atoms with Gasteiger partial charge in [0.05, 0.1) is 69.0 Å². The molecule has 0 atom stereocenters. The number of carbonyl (C=O) groups excluding carboxylic acids is 3. The summed E-state index contributed by atoms with van der Waals surface area (Å²) in [5.41, 5.74) is -1.14. The lowest BCUT2D eigenvalue weighted by atomic mass is 10.2. The summed E-state index contributed by atoms with van der Waals surface area (Å²) in [5.74, 6) is -3.20. The fourth-order valence-corrected chi connectivity index (χ4v) is 7.77. The van der Waals surface area contributed by atoms with Gasteiger partial charge in [0, 0.05) is 26.2 Å². The van der Waals surface area contributed by atoms with Crippen LogP contribution < -0.4 is 9.44 Å². The number of hydrogen-bond acceptors (Lipinski definition) is 11. The van der Waals surface area contributed by atoms with Gasteiger partial charge in [0.2, 0.25) is 5.78 Å². The molecule has 0 unspecified atom stereocenters. The van der Waals surface area contributed by atoms with Crippen molar-refractivity contribution in [1.82, 2.24) is 8.61 Å². The summed E-state index contributed by atoms with van der Waals surface area (Å²) in [6.07, 6.45) is 0. The van der Waals surface area contributed by atoms with E-state index in [-0.39, 0.29) is 84.1 Å². The minimum atomic E-state index is -4.04. The van der Waals surface area contributed by atoms with Crippen molar-refractivity contribution in [2.45, 2.75) is 0 Å². The quantitative estimate of drug-likeness (QED) is 0.303. The van der Waals surface area contributed by atoms with E-state index in [4.69, 9.17) is 65.4 Å². The number of morpholine rings is 2. The molecule has 2 N–H and O–H groups in total. The number of nitrogens with one attached hydrogen (secondary N) is 2. The number of hydrogen-bond donors (Lipinski definition) is 2. The molecule has 0 bridgehead atoms. The maximum atomic E-state index is 12.8. The molecule has 2 aromatic carbocycles. The van der Waals surface area contributed by atoms with E-state index >= 15 is 0 Å². The fraction of sp³-hybridized carbons (Fsp3) is 0.400. The first kappa shape index (κ1) is 36.4. The van der Waals surface area contributed by atoms with Crippen LogP contribution in [0.5, 0.6) is 0 Å². The average Bonchev–Trinajstić information content (AvgIpc) is 3.02. The monoisotopic (exact) mass is 762 g/mol. The Bertz CT molecular complexity index is 1590. The van der Waals surface area contributed by atoms with Crippen molar-refractivity contribution in [2.24, 2.45) is 0 Å². The molecule has 2 aliphatic rings. The van der Waals surface area contributed by atoms with Gasteiger partial charge in [0.1, 0.15) is 0 Å². The van der Waals surface area contributed by atoms with Crippen LogP contribution in [-0.2, 0) is 44.2 Å². The van der Waals surface area contributed by atoms with E-state index in [1.54, 1.807) is 0 Å². The predicted molar refractivity (Wildman–Crippen MR) is 168 cm³/mol. The minimum absolute atomic E-state index is 0.111. The SMILES string of the molecule is O=C(COC(=O)c1c(Cl)ccc(NS(=O)(=O)N2CCOCC2)c1Cl)COC(=O)c1c(Cl)ccc(NS(=O)(=O)N2CCOCC2)c1Cl. The van der Waals surface area contributed by atoms with Crippen molar-refractivity contribution in [1.29, 1.82) is 0 Å². The topological polar surface area (TPSA) is 187 Å². The lowest BCUT2D eigenvalue weighted by Gasteiger charge is -2.26. The Morgan fingerprint density at radius 2 is 1.00 bits per heavy atom. The van der Waals surface area contributed by atoms with Gasteiger partial charge in [-0.3, -0.25) is 14.2 Å². The summed E-state index contributed by atoms with van der Waals surface area (Å²) in [6.45, 7) is -0.496. The van der Waals surface area contributed by atoms with Crippen LogP contribution in [0.2, 0.25) is 20.1 Å². The number of nitrogens with zero attached hydrogens (tertiary/aromatic N) is 2. The molecule has 252 valence electrons. The van der Waals surface area contributed by atoms with E-state index in [0.717, 1.165) is 8.61 Å². The molecule has 2 fully saturated rings. The van der Waals surface area contributed by atoms with E-state index in [9.17, 15) is 31.2 Å². The number of Topliss-reactive ketones (excluding diaryl/α,β-unsaturated/α-hetero) is 1. The maximum absolute atomic E-state index is 12.8. The standard InChI is InChI=1S/C25H26Cl4N4O11S2/c26-16-1-3-18(30-45(37,38)32-5-9-41-10-6-32)22(28)20(16)24(35)43-13-15(34)14-44-25(36)21-17(27)2-4-19(23(21)29)31-46(39,40)33-7-11-42-12-8-33/h1-4,30-31H,5-14H2. The van der Waals surface area contributed by atoms with Gasteiger partial charge in [-0.15, -0.1) is 0 Å². The molecule has 0 aromatic heterocycles. The molecule has 2 aromatic rings. The molecule has 15 nitrogen and oxygen atoms in total. The van der Waals surface area contributed by atoms with E-state index in [2.05, 4.69) is 9.44 Å². The van der Waals surface area contributed by atoms with E-state index < -0.39 is 62.5 Å². The van der Waals surface area contributed by atoms with E-state index in [1.165, 1.54) is 24.3 Å². The molecule has 0 radical (unpaired) electrons. The first-order chi connectivity index (χ1) is 21.7. The number of carbonyl (C=O) groups is 3. The van der Waals surface area contributed by atoms with Crippen LogP contribution in [0.4, 0.5) is 11.4 Å². The second-order valence-electron chi connectivity index (χ2n) is 9.50. The van der Waals surface area contributed by atoms with Crippen molar-refractivity contribution in [3.63, 3.8) is 0 Å². The van der Waals surface area contributed by atoms with Crippen molar-refractivity contribution in [2.75, 3.05) is 75.3 Å². The molecule has 46 heavy (non-hydrogen) atoms. The van der Waals surface area contributed by atoms with Crippen LogP contribution in [-0.4, -0.2) is 109 Å². The van der Waals surface area contributed by atoms with Gasteiger partial charge in [0.15, 0.2) is 13.2 Å². The van der Waals surface area contributed by atoms with Crippen molar-refractivity contribution < 1.29 is 50.2 Å². The number of ketones is 1. The van der Waals surface area contributed by atoms with Gasteiger partial charge >= 0.3 is 32.4 Å². The van der Waals surface area contributed by atoms with Gasteiger partial charge in [-0.05, 0) is 24.3 Å². The molecule has 2 saturated heterocycles. The summed E-state index contributed by atoms with van der Waals surface area (Å²) < 4.78 is 78.0. The van der Waals surface area contributed by atoms with E-state index in [0.29, 0.717) is 0 Å². The molecule has 0 spiro atoms. The van der Waals surface area contributed by atoms with Crippen LogP contribution in [0.3, 0.4) is 0 Å². The molecular weight excluding hydrogens is 738 g/mol. The zero-order chi connectivity index (χ0) is 33.6. The highest BCUT2D eigenvalue weighted by atomic mass is 35.5. The zero-order valence-electron chi connectivity index (χ0n) is 23.6. The molecular formula is C25H26Cl4N4O11S2. The number of rotatable bonds is 12. The lowest BCUT2D eigenvalue weighted by Crippen LogP contribution is -2.43. The maximum Gasteiger partial charge on any atom is 0.341 e. The number of halogens is 4. The summed E-state index contributed by atoms with van der Waals surface area (Å²) >= 11 is 24.8. The molecule has 0 amide bonds. The number of benzene rings is 2. The molecule has 2 aliphatic heterocycles. The second-order valence-corrected chi connectivity index (χ2v) is 14.4. The summed E-state index contributed by atoms with van der Waals surface area (Å²) in [5, 5.41) is -1.11. The summed E-state index contributed by atoms with van der Waals surface area (Å²) in [6, 6.07) is 4.94. The van der Waals surface area contributed by atoms with Gasteiger partial charge < -0.3 is 18.9 Å². The van der Waals surface area contributed by atoms with Gasteiger partial charge in [-0.25, -0.2) is 9.59 Å². The van der Waals surface area contributed by atoms with Crippen LogP contribution in [0.1, 0.15) is 20.7 Å². The van der Waals surface area contributed by atoms with Crippen molar-refractivity contribution >= 4 is 95.9 Å². The largest absolute Gasteiger partial charge is 0.454 e. The zero-order valence-corrected chi connectivity index (χ0v) is 28.3. The Labute approximate surface area is 284 Å². The van der Waals surface area contributed by atoms with Gasteiger partial charge in [-0.2, -0.15) is 25.4 Å². The summed E-state index contributed by atoms with van der Waals surface area (Å²) in [7, 11) is -8.08. The molecule has 4 rings (SSSR count). The molecule has 0 aliphatic carbocycles. The number of anilines is 2. The van der Waals surface area contributed by atoms with Gasteiger partial charge in [0.25, 0.3) is 0 Å². The fourth-order valence-electron chi connectivity index (χ4n) is 4.10. The Hall–Kier alpha value is -2.45. The molecule has 2 heterocycles. The normalized spacial score (nSPS) is 16.4. The average molecular weight is 764 g/mol. The van der Waals surface area contributed by atoms with Crippen LogP contribution in [0.25, 0.3) is 0 Å². The Morgan fingerprint density at radius 3 is 1.35 bits per heavy atom.